The van der Waals surface area contributed by atoms with Crippen LogP contribution in [-0.4, -0.2) is 55.4 Å². The Morgan fingerprint density at radius 2 is 2.00 bits per heavy atom. The van der Waals surface area contributed by atoms with Crippen LogP contribution in [0.1, 0.15) is 38.3 Å². The van der Waals surface area contributed by atoms with Crippen molar-refractivity contribution in [1.29, 1.82) is 0 Å². The van der Waals surface area contributed by atoms with Crippen LogP contribution in [0.25, 0.3) is 22.3 Å². The van der Waals surface area contributed by atoms with Gasteiger partial charge in [-0.05, 0) is 31.9 Å². The molecule has 3 heterocycles. The van der Waals surface area contributed by atoms with E-state index in [1.807, 2.05) is 36.5 Å². The molecule has 31 heavy (non-hydrogen) atoms. The van der Waals surface area contributed by atoms with E-state index in [0.717, 1.165) is 41.7 Å². The van der Waals surface area contributed by atoms with Crippen molar-refractivity contribution < 1.29 is 13.2 Å². The van der Waals surface area contributed by atoms with E-state index in [0.29, 0.717) is 37.6 Å². The molecule has 8 heteroatoms. The van der Waals surface area contributed by atoms with Crippen molar-refractivity contribution >= 4 is 26.6 Å². The van der Waals surface area contributed by atoms with Crippen molar-refractivity contribution in [2.45, 2.75) is 43.4 Å². The maximum atomic E-state index is 13.0. The molecule has 0 bridgehead atoms. The predicted octanol–water partition coefficient (Wildman–Crippen LogP) is 3.66. The number of rotatable bonds is 4. The fourth-order valence-electron chi connectivity index (χ4n) is 5.05. The zero-order valence-electron chi connectivity index (χ0n) is 18.0. The molecule has 1 aromatic carbocycles. The summed E-state index contributed by atoms with van der Waals surface area (Å²) in [5, 5.41) is 1.03. The number of hydrogen-bond donors (Lipinski definition) is 1. The van der Waals surface area contributed by atoms with Gasteiger partial charge in [0.05, 0.1) is 24.9 Å². The quantitative estimate of drug-likeness (QED) is 0.666. The molecule has 2 fully saturated rings. The Hall–Kier alpha value is -2.45. The summed E-state index contributed by atoms with van der Waals surface area (Å²) in [6.45, 7) is 4.08. The van der Waals surface area contributed by atoms with Crippen molar-refractivity contribution in [3.05, 3.63) is 42.2 Å². The minimum Gasteiger partial charge on any atom is -0.377 e. The molecule has 2 aliphatic rings. The molecule has 1 atom stereocenters. The third-order valence-corrected chi connectivity index (χ3v) is 8.84. The monoisotopic (exact) mass is 440 g/mol. The van der Waals surface area contributed by atoms with E-state index in [9.17, 15) is 8.42 Å². The number of H-pyrrole nitrogens is 1. The third-order valence-electron chi connectivity index (χ3n) is 6.80. The first-order valence-corrected chi connectivity index (χ1v) is 12.8. The lowest BCUT2D eigenvalue weighted by Gasteiger charge is -2.35. The van der Waals surface area contributed by atoms with Crippen LogP contribution in [0.15, 0.2) is 36.5 Å². The van der Waals surface area contributed by atoms with Crippen LogP contribution >= 0.6 is 0 Å². The van der Waals surface area contributed by atoms with Crippen molar-refractivity contribution in [1.82, 2.24) is 15.0 Å². The number of nitrogens with zero attached hydrogens (tertiary/aromatic N) is 3. The molecular formula is C23H28N4O3S. The summed E-state index contributed by atoms with van der Waals surface area (Å²) in [7, 11) is -3.35. The average molecular weight is 441 g/mol. The fourth-order valence-corrected chi connectivity index (χ4v) is 6.56. The zero-order chi connectivity index (χ0) is 21.6. The van der Waals surface area contributed by atoms with Crippen LogP contribution in [0.5, 0.6) is 0 Å². The van der Waals surface area contributed by atoms with Gasteiger partial charge in [-0.1, -0.05) is 25.0 Å². The Balaban J connectivity index is 1.74. The number of hydrogen-bond acceptors (Lipinski definition) is 6. The third kappa shape index (κ3) is 3.42. The Labute approximate surface area is 182 Å². The van der Waals surface area contributed by atoms with Crippen LogP contribution in [-0.2, 0) is 19.3 Å². The summed E-state index contributed by atoms with van der Waals surface area (Å²) in [5.41, 5.74) is 2.54. The van der Waals surface area contributed by atoms with Crippen LogP contribution in [0.3, 0.4) is 0 Å². The van der Waals surface area contributed by atoms with Gasteiger partial charge in [0, 0.05) is 41.5 Å². The maximum Gasteiger partial charge on any atom is 0.162 e. The lowest BCUT2D eigenvalue weighted by atomic mass is 10.0. The smallest absolute Gasteiger partial charge is 0.162 e. The molecule has 0 amide bonds. The fraction of sp³-hybridized carbons (Fsp3) is 0.478. The largest absolute Gasteiger partial charge is 0.377 e. The van der Waals surface area contributed by atoms with Gasteiger partial charge in [0.1, 0.15) is 10.6 Å². The van der Waals surface area contributed by atoms with Gasteiger partial charge in [-0.15, -0.1) is 0 Å². The van der Waals surface area contributed by atoms with Gasteiger partial charge in [0.25, 0.3) is 0 Å². The molecule has 1 unspecified atom stereocenters. The first-order valence-electron chi connectivity index (χ1n) is 10.9. The van der Waals surface area contributed by atoms with E-state index in [1.54, 1.807) is 0 Å². The second-order valence-corrected chi connectivity index (χ2v) is 11.1. The standard InChI is InChI=1S/C23H28N4O3S/c1-16-15-30-13-12-27(16)21-14-20(23(31(2,28)29)9-3-4-10-23)25-22(26-21)18-6-5-7-19-17(18)8-11-24-19/h5-8,11,14,16,24H,3-4,9-10,12-13,15H2,1-2H3. The molecule has 1 saturated heterocycles. The Kier molecular flexibility index (Phi) is 5.01. The molecule has 5 rings (SSSR count). The average Bonchev–Trinajstić information content (AvgIpc) is 3.43. The Bertz CT molecular complexity index is 1210. The van der Waals surface area contributed by atoms with Gasteiger partial charge in [0.2, 0.25) is 0 Å². The van der Waals surface area contributed by atoms with E-state index in [4.69, 9.17) is 14.7 Å². The first-order chi connectivity index (χ1) is 14.9. The topological polar surface area (TPSA) is 88.2 Å². The highest BCUT2D eigenvalue weighted by molar-refractivity contribution is 7.91. The molecule has 7 nitrogen and oxygen atoms in total. The number of fused-ring (bicyclic) bond motifs is 1. The highest BCUT2D eigenvalue weighted by atomic mass is 32.2. The zero-order valence-corrected chi connectivity index (χ0v) is 18.8. The Morgan fingerprint density at radius 1 is 1.19 bits per heavy atom. The molecule has 1 aliphatic carbocycles. The number of sulfone groups is 1. The van der Waals surface area contributed by atoms with Crippen molar-refractivity contribution in [2.75, 3.05) is 30.9 Å². The van der Waals surface area contributed by atoms with E-state index in [1.165, 1.54) is 6.26 Å². The van der Waals surface area contributed by atoms with E-state index in [-0.39, 0.29) is 6.04 Å². The van der Waals surface area contributed by atoms with Crippen molar-refractivity contribution in [2.24, 2.45) is 0 Å². The molecule has 0 spiro atoms. The number of nitrogens with one attached hydrogen (secondary N) is 1. The SMILES string of the molecule is CC1COCCN1c1cc(C2(S(C)(=O)=O)CCCC2)nc(-c2cccc3[nH]ccc23)n1. The highest BCUT2D eigenvalue weighted by Gasteiger charge is 2.47. The molecular weight excluding hydrogens is 412 g/mol. The van der Waals surface area contributed by atoms with Gasteiger partial charge in [-0.25, -0.2) is 18.4 Å². The number of benzene rings is 1. The van der Waals surface area contributed by atoms with E-state index >= 15 is 0 Å². The van der Waals surface area contributed by atoms with Crippen molar-refractivity contribution in [3.63, 3.8) is 0 Å². The minimum atomic E-state index is -3.35. The summed E-state index contributed by atoms with van der Waals surface area (Å²) in [6, 6.07) is 10.1. The number of aromatic nitrogens is 3. The first kappa shape index (κ1) is 20.5. The molecule has 1 N–H and O–H groups in total. The molecule has 1 saturated carbocycles. The van der Waals surface area contributed by atoms with Gasteiger partial charge in [0.15, 0.2) is 15.7 Å². The summed E-state index contributed by atoms with van der Waals surface area (Å²) < 4.78 is 30.7. The normalized spacial score (nSPS) is 21.6. The van der Waals surface area contributed by atoms with Gasteiger partial charge in [-0.2, -0.15) is 0 Å². The van der Waals surface area contributed by atoms with Gasteiger partial charge < -0.3 is 14.6 Å². The van der Waals surface area contributed by atoms with Gasteiger partial charge in [-0.3, -0.25) is 0 Å². The van der Waals surface area contributed by atoms with Gasteiger partial charge >= 0.3 is 0 Å². The predicted molar refractivity (Wildman–Crippen MR) is 122 cm³/mol. The summed E-state index contributed by atoms with van der Waals surface area (Å²) in [6.07, 6.45) is 6.25. The maximum absolute atomic E-state index is 13.0. The highest BCUT2D eigenvalue weighted by Crippen LogP contribution is 2.45. The lowest BCUT2D eigenvalue weighted by molar-refractivity contribution is 0.0985. The van der Waals surface area contributed by atoms with Crippen LogP contribution in [0, 0.1) is 0 Å². The molecule has 0 radical (unpaired) electrons. The summed E-state index contributed by atoms with van der Waals surface area (Å²) >= 11 is 0. The molecule has 1 aliphatic heterocycles. The second kappa shape index (κ2) is 7.60. The van der Waals surface area contributed by atoms with Crippen LogP contribution < -0.4 is 4.90 Å². The lowest BCUT2D eigenvalue weighted by Crippen LogP contribution is -2.44. The minimum absolute atomic E-state index is 0.158. The van der Waals surface area contributed by atoms with Crippen LogP contribution in [0.4, 0.5) is 5.82 Å². The van der Waals surface area contributed by atoms with E-state index < -0.39 is 14.6 Å². The number of ether oxygens (including phenoxy) is 1. The second-order valence-electron chi connectivity index (χ2n) is 8.77. The summed E-state index contributed by atoms with van der Waals surface area (Å²) in [4.78, 5) is 15.3. The number of morpholine rings is 1. The Morgan fingerprint density at radius 3 is 2.74 bits per heavy atom. The summed E-state index contributed by atoms with van der Waals surface area (Å²) in [5.74, 6) is 1.35. The molecule has 2 aromatic heterocycles. The van der Waals surface area contributed by atoms with Crippen LogP contribution in [0.2, 0.25) is 0 Å². The van der Waals surface area contributed by atoms with E-state index in [2.05, 4.69) is 16.8 Å². The number of anilines is 1. The molecule has 164 valence electrons. The number of aromatic amines is 1. The van der Waals surface area contributed by atoms with Crippen molar-refractivity contribution in [3.8, 4) is 11.4 Å². The molecule has 3 aromatic rings.